The van der Waals surface area contributed by atoms with E-state index in [9.17, 15) is 0 Å². The summed E-state index contributed by atoms with van der Waals surface area (Å²) in [4.78, 5) is 0. The Balaban J connectivity index is 0.000000252. The third-order valence-electron chi connectivity index (χ3n) is 9.32. The van der Waals surface area contributed by atoms with Gasteiger partial charge in [0, 0.05) is 0 Å². The second-order valence-corrected chi connectivity index (χ2v) is 10.4. The lowest BCUT2D eigenvalue weighted by Crippen LogP contribution is -2.51. The number of rotatable bonds is 0. The van der Waals surface area contributed by atoms with Gasteiger partial charge in [0.25, 0.3) is 0 Å². The summed E-state index contributed by atoms with van der Waals surface area (Å²) in [6.45, 7) is 7.83. The summed E-state index contributed by atoms with van der Waals surface area (Å²) in [6, 6.07) is 0. The molecule has 138 valence electrons. The molecule has 0 aromatic carbocycles. The fourth-order valence-electron chi connectivity index (χ4n) is 7.91. The Morgan fingerprint density at radius 2 is 1.50 bits per heavy atom. The van der Waals surface area contributed by atoms with Gasteiger partial charge < -0.3 is 5.32 Å². The Bertz CT molecular complexity index is 420. The fourth-order valence-corrected chi connectivity index (χ4v) is 7.91. The van der Waals surface area contributed by atoms with Crippen LogP contribution in [-0.2, 0) is 0 Å². The third-order valence-corrected chi connectivity index (χ3v) is 9.32. The van der Waals surface area contributed by atoms with Crippen molar-refractivity contribution in [3.8, 4) is 0 Å². The lowest BCUT2D eigenvalue weighted by molar-refractivity contribution is -0.103. The van der Waals surface area contributed by atoms with Gasteiger partial charge in [-0.15, -0.1) is 0 Å². The quantitative estimate of drug-likeness (QED) is 0.559. The molecule has 1 aliphatic heterocycles. The van der Waals surface area contributed by atoms with E-state index in [1.165, 1.54) is 45.2 Å². The van der Waals surface area contributed by atoms with E-state index in [-0.39, 0.29) is 0 Å². The molecule has 4 saturated carbocycles. The number of fused-ring (bicyclic) bond motifs is 5. The van der Waals surface area contributed by atoms with Crippen molar-refractivity contribution >= 4 is 0 Å². The van der Waals surface area contributed by atoms with Crippen LogP contribution in [0.2, 0.25) is 0 Å². The minimum atomic E-state index is 0.741. The average Bonchev–Trinajstić information content (AvgIpc) is 3.26. The first-order chi connectivity index (χ1) is 11.6. The van der Waals surface area contributed by atoms with Crippen LogP contribution in [0.5, 0.6) is 0 Å². The summed E-state index contributed by atoms with van der Waals surface area (Å²) >= 11 is 0. The molecule has 1 nitrogen and oxygen atoms in total. The van der Waals surface area contributed by atoms with Crippen molar-refractivity contribution in [2.24, 2.45) is 34.5 Å². The van der Waals surface area contributed by atoms with E-state index in [0.717, 1.165) is 34.5 Å². The van der Waals surface area contributed by atoms with Crippen LogP contribution < -0.4 is 5.32 Å². The lowest BCUT2D eigenvalue weighted by Gasteiger charge is -2.60. The molecule has 5 rings (SSSR count). The Hall–Kier alpha value is -0.0400. The molecule has 1 unspecified atom stereocenters. The lowest BCUT2D eigenvalue weighted by atomic mass is 9.45. The van der Waals surface area contributed by atoms with Gasteiger partial charge in [-0.05, 0) is 112 Å². The first kappa shape index (κ1) is 17.4. The Morgan fingerprint density at radius 3 is 2.25 bits per heavy atom. The van der Waals surface area contributed by atoms with Gasteiger partial charge >= 0.3 is 0 Å². The minimum absolute atomic E-state index is 0.741. The predicted molar refractivity (Wildman–Crippen MR) is 103 cm³/mol. The number of hydrogen-bond donors (Lipinski definition) is 1. The van der Waals surface area contributed by atoms with Crippen LogP contribution in [0.3, 0.4) is 0 Å². The summed E-state index contributed by atoms with van der Waals surface area (Å²) in [5.41, 5.74) is 1.49. The Morgan fingerprint density at radius 1 is 0.667 bits per heavy atom. The van der Waals surface area contributed by atoms with E-state index < -0.39 is 0 Å². The first-order valence-electron chi connectivity index (χ1n) is 11.3. The summed E-state index contributed by atoms with van der Waals surface area (Å²) in [7, 11) is 0. The maximum Gasteiger partial charge on any atom is -0.00484 e. The SMILES string of the molecule is C1CCNC1.C[C@@]12CCC[C@H]1[C@@H]1CCC3CCCC[C@]3(C)[C@H]1CC2. The summed E-state index contributed by atoms with van der Waals surface area (Å²) < 4.78 is 0. The van der Waals surface area contributed by atoms with Crippen LogP contribution in [0.4, 0.5) is 0 Å². The van der Waals surface area contributed by atoms with E-state index in [0.29, 0.717) is 0 Å². The molecule has 0 aromatic heterocycles. The maximum absolute atomic E-state index is 3.22. The van der Waals surface area contributed by atoms with Crippen LogP contribution in [0.15, 0.2) is 0 Å². The highest BCUT2D eigenvalue weighted by atomic mass is 14.9. The van der Waals surface area contributed by atoms with Gasteiger partial charge in [0.05, 0.1) is 0 Å². The van der Waals surface area contributed by atoms with E-state index >= 15 is 0 Å². The Kier molecular flexibility index (Phi) is 5.02. The molecule has 0 spiro atoms. The molecule has 1 heterocycles. The zero-order valence-corrected chi connectivity index (χ0v) is 16.4. The molecule has 5 fully saturated rings. The summed E-state index contributed by atoms with van der Waals surface area (Å²) in [6.07, 6.45) is 19.9. The summed E-state index contributed by atoms with van der Waals surface area (Å²) in [5, 5.41) is 3.22. The van der Waals surface area contributed by atoms with E-state index in [1.54, 1.807) is 51.4 Å². The molecule has 0 aromatic rings. The molecule has 24 heavy (non-hydrogen) atoms. The van der Waals surface area contributed by atoms with Crippen molar-refractivity contribution in [2.75, 3.05) is 13.1 Å². The molecule has 0 radical (unpaired) electrons. The van der Waals surface area contributed by atoms with Crippen molar-refractivity contribution in [1.29, 1.82) is 0 Å². The maximum atomic E-state index is 3.22. The van der Waals surface area contributed by atoms with Crippen LogP contribution >= 0.6 is 0 Å². The zero-order chi connectivity index (χ0) is 16.6. The first-order valence-corrected chi connectivity index (χ1v) is 11.3. The van der Waals surface area contributed by atoms with E-state index in [2.05, 4.69) is 19.2 Å². The Labute approximate surface area is 150 Å². The number of hydrogen-bond acceptors (Lipinski definition) is 1. The van der Waals surface area contributed by atoms with Crippen LogP contribution in [-0.4, -0.2) is 13.1 Å². The van der Waals surface area contributed by atoms with Gasteiger partial charge in [-0.2, -0.15) is 0 Å². The van der Waals surface area contributed by atoms with Gasteiger partial charge in [-0.25, -0.2) is 0 Å². The summed E-state index contributed by atoms with van der Waals surface area (Å²) in [5.74, 6) is 4.41. The average molecular weight is 332 g/mol. The molecular formula is C23H41N. The van der Waals surface area contributed by atoms with Gasteiger partial charge in [0.2, 0.25) is 0 Å². The predicted octanol–water partition coefficient (Wildman–Crippen LogP) is 6.18. The third kappa shape index (κ3) is 2.97. The van der Waals surface area contributed by atoms with Gasteiger partial charge in [0.1, 0.15) is 0 Å². The zero-order valence-electron chi connectivity index (χ0n) is 16.4. The monoisotopic (exact) mass is 331 g/mol. The van der Waals surface area contributed by atoms with E-state index in [4.69, 9.17) is 0 Å². The molecule has 1 N–H and O–H groups in total. The van der Waals surface area contributed by atoms with E-state index in [1.807, 2.05) is 0 Å². The largest absolute Gasteiger partial charge is 0.317 e. The molecule has 5 aliphatic rings. The molecule has 6 atom stereocenters. The van der Waals surface area contributed by atoms with Crippen molar-refractivity contribution in [3.63, 3.8) is 0 Å². The fraction of sp³-hybridized carbons (Fsp3) is 1.00. The minimum Gasteiger partial charge on any atom is -0.317 e. The van der Waals surface area contributed by atoms with Crippen LogP contribution in [0, 0.1) is 34.5 Å². The molecule has 1 saturated heterocycles. The van der Waals surface area contributed by atoms with Crippen molar-refractivity contribution in [3.05, 3.63) is 0 Å². The van der Waals surface area contributed by atoms with Gasteiger partial charge in [-0.3, -0.25) is 0 Å². The highest BCUT2D eigenvalue weighted by molar-refractivity contribution is 5.06. The highest BCUT2D eigenvalue weighted by Gasteiger charge is 2.56. The molecule has 0 bridgehead atoms. The molecule has 4 aliphatic carbocycles. The van der Waals surface area contributed by atoms with Crippen molar-refractivity contribution < 1.29 is 0 Å². The normalized spacial score (nSPS) is 50.2. The van der Waals surface area contributed by atoms with Gasteiger partial charge in [0.15, 0.2) is 0 Å². The second kappa shape index (κ2) is 6.93. The van der Waals surface area contributed by atoms with Crippen LogP contribution in [0.25, 0.3) is 0 Å². The topological polar surface area (TPSA) is 12.0 Å². The van der Waals surface area contributed by atoms with Crippen molar-refractivity contribution in [1.82, 2.24) is 5.32 Å². The second-order valence-electron chi connectivity index (χ2n) is 10.4. The smallest absolute Gasteiger partial charge is 0.00484 e. The molecule has 1 heteroatoms. The standard InChI is InChI=1S/C19H32.C4H9N/c1-18-11-5-7-16(18)15-9-8-14-6-3-4-12-19(14,2)17(15)10-13-18;1-2-4-5-3-1/h14-17H,3-13H2,1-2H3;5H,1-4H2/t14?,15-,16-,17-,18-,19-;/m0./s1. The number of nitrogens with one attached hydrogen (secondary N) is 1. The van der Waals surface area contributed by atoms with Crippen LogP contribution in [0.1, 0.15) is 97.3 Å². The van der Waals surface area contributed by atoms with Gasteiger partial charge in [-0.1, -0.05) is 33.1 Å². The molecular weight excluding hydrogens is 290 g/mol. The van der Waals surface area contributed by atoms with Crippen molar-refractivity contribution in [2.45, 2.75) is 97.3 Å². The highest BCUT2D eigenvalue weighted by Crippen LogP contribution is 2.66. The molecule has 0 amide bonds.